The molecule has 0 aliphatic rings. The van der Waals surface area contributed by atoms with Crippen molar-refractivity contribution in [2.45, 2.75) is 52.2 Å². The van der Waals surface area contributed by atoms with E-state index in [2.05, 4.69) is 5.32 Å². The Morgan fingerprint density at radius 1 is 1.06 bits per heavy atom. The van der Waals surface area contributed by atoms with Gasteiger partial charge < -0.3 is 19.7 Å². The number of nitrogens with zero attached hydrogens (tertiary/aromatic N) is 1. The molecule has 2 aromatic carbocycles. The van der Waals surface area contributed by atoms with Crippen molar-refractivity contribution in [2.75, 3.05) is 13.7 Å². The molecule has 7 heteroatoms. The molecule has 0 unspecified atom stereocenters. The second-order valence-corrected chi connectivity index (χ2v) is 7.74. The predicted octanol–water partition coefficient (Wildman–Crippen LogP) is 4.45. The summed E-state index contributed by atoms with van der Waals surface area (Å²) in [6, 6.07) is 13.8. The van der Waals surface area contributed by atoms with Gasteiger partial charge in [-0.15, -0.1) is 0 Å². The first kappa shape index (κ1) is 24.5. The first-order chi connectivity index (χ1) is 14.9. The molecule has 0 heterocycles. The van der Waals surface area contributed by atoms with Crippen molar-refractivity contribution in [3.8, 4) is 11.5 Å². The van der Waals surface area contributed by atoms with E-state index in [1.165, 1.54) is 0 Å². The van der Waals surface area contributed by atoms with Crippen LogP contribution in [0.4, 0.5) is 0 Å². The van der Waals surface area contributed by atoms with Gasteiger partial charge in [-0.3, -0.25) is 9.59 Å². The SMILES string of the molecule is CC[C@@H](C)NC(=O)[C@H](CC)N(Cc1ccc(OC)cc1)C(=O)COc1ccccc1Cl. The number of amides is 2. The standard InChI is InChI=1S/C24H31ClN2O4/c1-5-17(3)26-24(29)21(6-2)27(15-18-11-13-19(30-4)14-12-18)23(28)16-31-22-10-8-7-9-20(22)25/h7-14,17,21H,5-6,15-16H2,1-4H3,(H,26,29)/t17-,21+/m1/s1. The van der Waals surface area contributed by atoms with Gasteiger partial charge in [-0.2, -0.15) is 0 Å². The quantitative estimate of drug-likeness (QED) is 0.553. The molecule has 6 nitrogen and oxygen atoms in total. The minimum absolute atomic E-state index is 0.0267. The second-order valence-electron chi connectivity index (χ2n) is 7.33. The van der Waals surface area contributed by atoms with E-state index in [0.29, 0.717) is 17.2 Å². The lowest BCUT2D eigenvalue weighted by Gasteiger charge is -2.31. The molecule has 0 radical (unpaired) electrons. The molecule has 0 bridgehead atoms. The van der Waals surface area contributed by atoms with E-state index in [0.717, 1.165) is 17.7 Å². The molecule has 0 aliphatic carbocycles. The molecule has 0 aliphatic heterocycles. The second kappa shape index (κ2) is 12.2. The van der Waals surface area contributed by atoms with Gasteiger partial charge in [-0.25, -0.2) is 0 Å². The summed E-state index contributed by atoms with van der Waals surface area (Å²) < 4.78 is 10.9. The lowest BCUT2D eigenvalue weighted by molar-refractivity contribution is -0.143. The van der Waals surface area contributed by atoms with Gasteiger partial charge in [-0.1, -0.05) is 49.7 Å². The van der Waals surface area contributed by atoms with Gasteiger partial charge in [0.25, 0.3) is 5.91 Å². The molecule has 2 atom stereocenters. The number of carbonyl (C=O) groups excluding carboxylic acids is 2. The van der Waals surface area contributed by atoms with Crippen LogP contribution in [0, 0.1) is 0 Å². The van der Waals surface area contributed by atoms with Crippen LogP contribution >= 0.6 is 11.6 Å². The minimum Gasteiger partial charge on any atom is -0.497 e. The Labute approximate surface area is 189 Å². The number of hydrogen-bond acceptors (Lipinski definition) is 4. The third kappa shape index (κ3) is 7.17. The molecule has 1 N–H and O–H groups in total. The predicted molar refractivity (Wildman–Crippen MR) is 122 cm³/mol. The highest BCUT2D eigenvalue weighted by atomic mass is 35.5. The number of benzene rings is 2. The van der Waals surface area contributed by atoms with Gasteiger partial charge in [0.2, 0.25) is 5.91 Å². The van der Waals surface area contributed by atoms with Crippen LogP contribution in [0.15, 0.2) is 48.5 Å². The van der Waals surface area contributed by atoms with Crippen LogP contribution in [0.2, 0.25) is 5.02 Å². The summed E-state index contributed by atoms with van der Waals surface area (Å²) in [5, 5.41) is 3.42. The van der Waals surface area contributed by atoms with Crippen LogP contribution < -0.4 is 14.8 Å². The molecule has 0 spiro atoms. The first-order valence-corrected chi connectivity index (χ1v) is 10.9. The highest BCUT2D eigenvalue weighted by Crippen LogP contribution is 2.23. The Hall–Kier alpha value is -2.73. The summed E-state index contributed by atoms with van der Waals surface area (Å²) in [6.07, 6.45) is 1.29. The maximum Gasteiger partial charge on any atom is 0.261 e. The highest BCUT2D eigenvalue weighted by Gasteiger charge is 2.29. The van der Waals surface area contributed by atoms with E-state index in [1.807, 2.05) is 45.0 Å². The fourth-order valence-electron chi connectivity index (χ4n) is 3.07. The molecule has 31 heavy (non-hydrogen) atoms. The minimum atomic E-state index is -0.613. The highest BCUT2D eigenvalue weighted by molar-refractivity contribution is 6.32. The van der Waals surface area contributed by atoms with E-state index in [4.69, 9.17) is 21.1 Å². The maximum atomic E-state index is 13.2. The first-order valence-electron chi connectivity index (χ1n) is 10.5. The zero-order valence-electron chi connectivity index (χ0n) is 18.6. The summed E-state index contributed by atoms with van der Waals surface area (Å²) in [5.74, 6) is 0.697. The smallest absolute Gasteiger partial charge is 0.261 e. The fraction of sp³-hybridized carbons (Fsp3) is 0.417. The van der Waals surface area contributed by atoms with E-state index in [-0.39, 0.29) is 31.0 Å². The van der Waals surface area contributed by atoms with Gasteiger partial charge in [-0.05, 0) is 49.6 Å². The number of hydrogen-bond donors (Lipinski definition) is 1. The van der Waals surface area contributed by atoms with Crippen molar-refractivity contribution in [3.63, 3.8) is 0 Å². The van der Waals surface area contributed by atoms with Crippen LogP contribution in [0.3, 0.4) is 0 Å². The van der Waals surface area contributed by atoms with Gasteiger partial charge in [0.1, 0.15) is 17.5 Å². The van der Waals surface area contributed by atoms with Gasteiger partial charge in [0.15, 0.2) is 6.61 Å². The van der Waals surface area contributed by atoms with Crippen molar-refractivity contribution in [1.29, 1.82) is 0 Å². The average molecular weight is 447 g/mol. The van der Waals surface area contributed by atoms with Crippen LogP contribution in [0.25, 0.3) is 0 Å². The molecule has 0 fully saturated rings. The van der Waals surface area contributed by atoms with Crippen LogP contribution in [-0.2, 0) is 16.1 Å². The largest absolute Gasteiger partial charge is 0.497 e. The van der Waals surface area contributed by atoms with Gasteiger partial charge >= 0.3 is 0 Å². The number of nitrogens with one attached hydrogen (secondary N) is 1. The number of carbonyl (C=O) groups is 2. The number of rotatable bonds is 11. The Balaban J connectivity index is 2.22. The van der Waals surface area contributed by atoms with Gasteiger partial charge in [0.05, 0.1) is 12.1 Å². The number of halogens is 1. The number of para-hydroxylation sites is 1. The lowest BCUT2D eigenvalue weighted by atomic mass is 10.1. The van der Waals surface area contributed by atoms with Crippen molar-refractivity contribution >= 4 is 23.4 Å². The van der Waals surface area contributed by atoms with Gasteiger partial charge in [0, 0.05) is 12.6 Å². The van der Waals surface area contributed by atoms with Crippen molar-refractivity contribution in [2.24, 2.45) is 0 Å². The van der Waals surface area contributed by atoms with Crippen molar-refractivity contribution in [1.82, 2.24) is 10.2 Å². The Kier molecular flexibility index (Phi) is 9.66. The summed E-state index contributed by atoms with van der Waals surface area (Å²) in [6.45, 7) is 5.91. The maximum absolute atomic E-state index is 13.2. The molecular formula is C24H31ClN2O4. The van der Waals surface area contributed by atoms with Crippen LogP contribution in [-0.4, -0.2) is 42.5 Å². The average Bonchev–Trinajstić information content (AvgIpc) is 2.78. The molecule has 0 saturated heterocycles. The zero-order chi connectivity index (χ0) is 22.8. The zero-order valence-corrected chi connectivity index (χ0v) is 19.3. The number of ether oxygens (including phenoxy) is 2. The molecule has 0 aromatic heterocycles. The number of methoxy groups -OCH3 is 1. The Morgan fingerprint density at radius 2 is 1.74 bits per heavy atom. The normalized spacial score (nSPS) is 12.5. The summed E-state index contributed by atoms with van der Waals surface area (Å²) in [7, 11) is 1.60. The molecule has 2 amide bonds. The molecule has 2 aromatic rings. The lowest BCUT2D eigenvalue weighted by Crippen LogP contribution is -2.51. The molecule has 2 rings (SSSR count). The van der Waals surface area contributed by atoms with E-state index >= 15 is 0 Å². The van der Waals surface area contributed by atoms with Crippen LogP contribution in [0.5, 0.6) is 11.5 Å². The third-order valence-electron chi connectivity index (χ3n) is 5.09. The Bertz CT molecular complexity index is 857. The molecular weight excluding hydrogens is 416 g/mol. The topological polar surface area (TPSA) is 67.9 Å². The fourth-order valence-corrected chi connectivity index (χ4v) is 3.26. The molecule has 0 saturated carbocycles. The van der Waals surface area contributed by atoms with E-state index < -0.39 is 6.04 Å². The van der Waals surface area contributed by atoms with Crippen LogP contribution in [0.1, 0.15) is 39.2 Å². The van der Waals surface area contributed by atoms with Crippen molar-refractivity contribution in [3.05, 3.63) is 59.1 Å². The van der Waals surface area contributed by atoms with E-state index in [9.17, 15) is 9.59 Å². The summed E-state index contributed by atoms with van der Waals surface area (Å²) in [5.41, 5.74) is 0.890. The van der Waals surface area contributed by atoms with E-state index in [1.54, 1.807) is 36.3 Å². The Morgan fingerprint density at radius 3 is 2.32 bits per heavy atom. The molecule has 168 valence electrons. The summed E-state index contributed by atoms with van der Waals surface area (Å²) >= 11 is 6.13. The summed E-state index contributed by atoms with van der Waals surface area (Å²) in [4.78, 5) is 27.7. The van der Waals surface area contributed by atoms with Crippen molar-refractivity contribution < 1.29 is 19.1 Å². The third-order valence-corrected chi connectivity index (χ3v) is 5.40. The monoisotopic (exact) mass is 446 g/mol.